The molecule has 198 valence electrons. The molecular formula is C24H50N3NaO4S2. The Balaban J connectivity index is 0.00000578. The third-order valence-electron chi connectivity index (χ3n) is 7.33. The molecule has 3 N–H and O–H groups in total. The number of nitrogens with two attached hydrogens (primary N) is 1. The van der Waals surface area contributed by atoms with Crippen LogP contribution in [0.2, 0.25) is 0 Å². The summed E-state index contributed by atoms with van der Waals surface area (Å²) in [7, 11) is -8.48. The van der Waals surface area contributed by atoms with E-state index < -0.39 is 20.5 Å². The summed E-state index contributed by atoms with van der Waals surface area (Å²) in [6.45, 7) is 0. The molecule has 0 spiro atoms. The number of rotatable bonds is 5. The van der Waals surface area contributed by atoms with Crippen LogP contribution in [0.3, 0.4) is 0 Å². The molecule has 2 rings (SSSR count). The van der Waals surface area contributed by atoms with E-state index in [0.717, 1.165) is 77.0 Å². The summed E-state index contributed by atoms with van der Waals surface area (Å²) < 4.78 is 52.2. The maximum atomic E-state index is 13.6. The fourth-order valence-corrected chi connectivity index (χ4v) is 8.16. The summed E-state index contributed by atoms with van der Waals surface area (Å²) in [5.41, 5.74) is 0. The topological polar surface area (TPSA) is 114 Å². The molecule has 0 radical (unpaired) electrons. The van der Waals surface area contributed by atoms with E-state index in [0.29, 0.717) is 0 Å². The van der Waals surface area contributed by atoms with Crippen molar-refractivity contribution in [2.75, 3.05) is 0 Å². The molecule has 34 heavy (non-hydrogen) atoms. The van der Waals surface area contributed by atoms with Crippen molar-refractivity contribution in [3.8, 4) is 0 Å². The average Bonchev–Trinajstić information content (AvgIpc) is 2.69. The van der Waals surface area contributed by atoms with E-state index in [-0.39, 0.29) is 41.6 Å². The molecule has 0 bridgehead atoms. The molecule has 2 fully saturated rings. The van der Waals surface area contributed by atoms with Gasteiger partial charge in [0.25, 0.3) is 0 Å². The molecule has 2 aliphatic carbocycles. The van der Waals surface area contributed by atoms with Gasteiger partial charge < -0.3 is 0 Å². The second-order valence-corrected chi connectivity index (χ2v) is 13.1. The zero-order valence-electron chi connectivity index (χ0n) is 20.7. The zero-order chi connectivity index (χ0) is 24.0. The first-order valence-electron chi connectivity index (χ1n) is 13.6. The maximum absolute atomic E-state index is 13.6. The van der Waals surface area contributed by atoms with Crippen LogP contribution >= 0.6 is 0 Å². The fraction of sp³-hybridized carbons (Fsp3) is 1.00. The summed E-state index contributed by atoms with van der Waals surface area (Å²) in [4.78, 5) is 0. The molecular weight excluding hydrogens is 481 g/mol. The van der Waals surface area contributed by atoms with E-state index in [1.807, 2.05) is 0 Å². The number of nitrogens with one attached hydrogen (secondary N) is 1. The molecule has 0 aromatic carbocycles. The standard InChI is InChI=1S/C24H49N3O4S2.Na.H/c25-32(28,31-33(26,29)30)27(23-19-15-11-7-3-1-4-8-12-16-20-23)24-21-17-13-9-5-2-6-10-14-18-22-24;;/h23-25H,1-22H2,(H2,26,29,30);;. The van der Waals surface area contributed by atoms with Crippen molar-refractivity contribution >= 4 is 50.1 Å². The van der Waals surface area contributed by atoms with Gasteiger partial charge in [-0.3, -0.25) is 0 Å². The van der Waals surface area contributed by atoms with Crippen LogP contribution in [-0.4, -0.2) is 58.6 Å². The molecule has 0 aliphatic heterocycles. The molecule has 0 amide bonds. The predicted molar refractivity (Wildman–Crippen MR) is 143 cm³/mol. The van der Waals surface area contributed by atoms with Crippen molar-refractivity contribution in [2.24, 2.45) is 5.14 Å². The molecule has 7 nitrogen and oxygen atoms in total. The van der Waals surface area contributed by atoms with E-state index in [9.17, 15) is 12.6 Å². The third-order valence-corrected chi connectivity index (χ3v) is 9.98. The van der Waals surface area contributed by atoms with Crippen molar-refractivity contribution in [3.63, 3.8) is 0 Å². The van der Waals surface area contributed by atoms with Gasteiger partial charge in [0.05, 0.1) is 0 Å². The van der Waals surface area contributed by atoms with Gasteiger partial charge in [0.2, 0.25) is 10.2 Å². The first kappa shape index (κ1) is 32.8. The van der Waals surface area contributed by atoms with Gasteiger partial charge in [-0.25, -0.2) is 14.1 Å². The van der Waals surface area contributed by atoms with E-state index in [1.54, 1.807) is 4.31 Å². The average molecular weight is 532 g/mol. The Hall–Kier alpha value is 0.780. The van der Waals surface area contributed by atoms with Gasteiger partial charge in [-0.05, 0) is 25.7 Å². The summed E-state index contributed by atoms with van der Waals surface area (Å²) in [6, 6.07) is -0.205. The van der Waals surface area contributed by atoms with E-state index >= 15 is 0 Å². The van der Waals surface area contributed by atoms with Crippen LogP contribution < -0.4 is 5.14 Å². The van der Waals surface area contributed by atoms with E-state index in [4.69, 9.17) is 13.5 Å². The van der Waals surface area contributed by atoms with E-state index in [1.165, 1.54) is 64.2 Å². The Morgan fingerprint density at radius 3 is 1.03 bits per heavy atom. The van der Waals surface area contributed by atoms with Crippen LogP contribution in [0.5, 0.6) is 0 Å². The minimum atomic E-state index is -4.49. The fourth-order valence-electron chi connectivity index (χ4n) is 5.65. The van der Waals surface area contributed by atoms with Crippen LogP contribution in [0.15, 0.2) is 0 Å². The van der Waals surface area contributed by atoms with Crippen LogP contribution in [0, 0.1) is 4.78 Å². The van der Waals surface area contributed by atoms with Crippen molar-refractivity contribution in [3.05, 3.63) is 0 Å². The molecule has 0 aromatic heterocycles. The van der Waals surface area contributed by atoms with Gasteiger partial charge in [-0.1, -0.05) is 116 Å². The molecule has 10 heteroatoms. The van der Waals surface area contributed by atoms with Crippen molar-refractivity contribution in [1.29, 1.82) is 4.78 Å². The first-order chi connectivity index (χ1) is 15.8. The Morgan fingerprint density at radius 2 is 0.794 bits per heavy atom. The summed E-state index contributed by atoms with van der Waals surface area (Å²) >= 11 is 0. The Morgan fingerprint density at radius 1 is 0.559 bits per heavy atom. The SMILES string of the molecule is N=S(=O)(OS(N)(=O)=O)N(C1CCCCCCCCCCC1)C1CCCCCCCCCCC1.[NaH]. The van der Waals surface area contributed by atoms with Gasteiger partial charge in [0.1, 0.15) is 0 Å². The number of nitrogens with zero attached hydrogens (tertiary/aromatic N) is 1. The summed E-state index contributed by atoms with van der Waals surface area (Å²) in [5, 5.41) is 5.12. The second kappa shape index (κ2) is 18.1. The Bertz CT molecular complexity index is 681. The molecule has 2 saturated carbocycles. The third kappa shape index (κ3) is 13.9. The van der Waals surface area contributed by atoms with Gasteiger partial charge in [0, 0.05) is 12.1 Å². The molecule has 0 heterocycles. The Labute approximate surface area is 232 Å². The predicted octanol–water partition coefficient (Wildman–Crippen LogP) is 6.08. The van der Waals surface area contributed by atoms with E-state index in [2.05, 4.69) is 0 Å². The molecule has 1 unspecified atom stereocenters. The van der Waals surface area contributed by atoms with Gasteiger partial charge in [-0.15, -0.1) is 3.63 Å². The van der Waals surface area contributed by atoms with Gasteiger partial charge >= 0.3 is 39.9 Å². The normalized spacial score (nSPS) is 24.4. The van der Waals surface area contributed by atoms with Crippen LogP contribution in [0.1, 0.15) is 141 Å². The first-order valence-corrected chi connectivity index (χ1v) is 16.5. The number of hydrogen-bond donors (Lipinski definition) is 2. The molecule has 2 aliphatic rings. The van der Waals surface area contributed by atoms with Crippen molar-refractivity contribution in [2.45, 2.75) is 153 Å². The van der Waals surface area contributed by atoms with Crippen LogP contribution in [0.4, 0.5) is 0 Å². The summed E-state index contributed by atoms with van der Waals surface area (Å²) in [5.74, 6) is 0. The zero-order valence-corrected chi connectivity index (χ0v) is 22.3. The molecule has 1 atom stereocenters. The quantitative estimate of drug-likeness (QED) is 0.418. The van der Waals surface area contributed by atoms with Crippen LogP contribution in [-0.2, 0) is 24.1 Å². The monoisotopic (exact) mass is 531 g/mol. The van der Waals surface area contributed by atoms with Gasteiger partial charge in [0.15, 0.2) is 0 Å². The Kier molecular flexibility index (Phi) is 17.5. The molecule has 0 aromatic rings. The van der Waals surface area contributed by atoms with Crippen molar-refractivity contribution in [1.82, 2.24) is 4.31 Å². The van der Waals surface area contributed by atoms with Gasteiger partial charge in [-0.2, -0.15) is 12.7 Å². The van der Waals surface area contributed by atoms with Crippen molar-refractivity contribution < 1.29 is 16.3 Å². The minimum absolute atomic E-state index is 0. The summed E-state index contributed by atoms with van der Waals surface area (Å²) in [6.07, 6.45) is 24.4. The van der Waals surface area contributed by atoms with Crippen LogP contribution in [0.25, 0.3) is 0 Å². The number of hydrogen-bond acceptors (Lipinski definition) is 5. The second-order valence-electron chi connectivity index (χ2n) is 10.2. The molecule has 0 saturated heterocycles.